The van der Waals surface area contributed by atoms with Crippen molar-refractivity contribution >= 4 is 0 Å². The number of hydrogen-bond acceptors (Lipinski definition) is 2. The smallest absolute Gasteiger partial charge is 0.108 e. The molecule has 0 aliphatic carbocycles. The van der Waals surface area contributed by atoms with Gasteiger partial charge in [0.1, 0.15) is 6.10 Å². The first-order valence-electron chi connectivity index (χ1n) is 6.89. The van der Waals surface area contributed by atoms with Crippen LogP contribution in [-0.4, -0.2) is 19.2 Å². The average Bonchev–Trinajstić information content (AvgIpc) is 3.00. The van der Waals surface area contributed by atoms with Crippen LogP contribution in [0.2, 0.25) is 0 Å². The van der Waals surface area contributed by atoms with E-state index in [9.17, 15) is 0 Å². The molecular formula is C17H19NO. The van der Waals surface area contributed by atoms with E-state index in [4.69, 9.17) is 4.74 Å². The minimum atomic E-state index is 0.0345. The molecule has 98 valence electrons. The van der Waals surface area contributed by atoms with E-state index in [1.54, 1.807) is 0 Å². The van der Waals surface area contributed by atoms with Crippen molar-refractivity contribution < 1.29 is 4.74 Å². The summed E-state index contributed by atoms with van der Waals surface area (Å²) in [4.78, 5) is 0. The van der Waals surface area contributed by atoms with Crippen LogP contribution in [0.5, 0.6) is 0 Å². The predicted molar refractivity (Wildman–Crippen MR) is 77.1 cm³/mol. The van der Waals surface area contributed by atoms with E-state index in [0.29, 0.717) is 6.10 Å². The van der Waals surface area contributed by atoms with Crippen LogP contribution in [0.3, 0.4) is 0 Å². The minimum Gasteiger partial charge on any atom is -0.364 e. The molecule has 3 rings (SSSR count). The number of rotatable bonds is 4. The van der Waals surface area contributed by atoms with Crippen LogP contribution < -0.4 is 5.32 Å². The van der Waals surface area contributed by atoms with E-state index in [2.05, 4.69) is 53.8 Å². The van der Waals surface area contributed by atoms with Crippen LogP contribution in [0.15, 0.2) is 60.7 Å². The maximum Gasteiger partial charge on any atom is 0.108 e. The Balaban J connectivity index is 1.87. The van der Waals surface area contributed by atoms with Crippen LogP contribution >= 0.6 is 0 Å². The quantitative estimate of drug-likeness (QED) is 0.903. The summed E-state index contributed by atoms with van der Waals surface area (Å²) in [6.45, 7) is 2.01. The van der Waals surface area contributed by atoms with E-state index in [1.165, 1.54) is 11.1 Å². The maximum atomic E-state index is 6.32. The average molecular weight is 253 g/mol. The SMILES string of the molecule is c1ccc(C(O[C@H]2CCNC2)c2ccccc2)cc1. The lowest BCUT2D eigenvalue weighted by atomic mass is 10.0. The van der Waals surface area contributed by atoms with Gasteiger partial charge in [-0.1, -0.05) is 60.7 Å². The molecule has 1 heterocycles. The minimum absolute atomic E-state index is 0.0345. The molecule has 1 aliphatic heterocycles. The first kappa shape index (κ1) is 12.4. The third-order valence-corrected chi connectivity index (χ3v) is 3.55. The van der Waals surface area contributed by atoms with Crippen LogP contribution in [0, 0.1) is 0 Å². The number of benzene rings is 2. The molecule has 1 N–H and O–H groups in total. The summed E-state index contributed by atoms with van der Waals surface area (Å²) in [5.74, 6) is 0. The van der Waals surface area contributed by atoms with Gasteiger partial charge >= 0.3 is 0 Å². The molecule has 0 aromatic heterocycles. The molecule has 0 spiro atoms. The second kappa shape index (κ2) is 6.00. The molecule has 0 saturated carbocycles. The lowest BCUT2D eigenvalue weighted by molar-refractivity contribution is 0.0204. The molecule has 2 heteroatoms. The van der Waals surface area contributed by atoms with Gasteiger partial charge < -0.3 is 10.1 Å². The van der Waals surface area contributed by atoms with Gasteiger partial charge in [0.2, 0.25) is 0 Å². The molecule has 1 saturated heterocycles. The molecule has 1 fully saturated rings. The van der Waals surface area contributed by atoms with Gasteiger partial charge in [-0.25, -0.2) is 0 Å². The third-order valence-electron chi connectivity index (χ3n) is 3.55. The van der Waals surface area contributed by atoms with Gasteiger partial charge in [-0.2, -0.15) is 0 Å². The number of nitrogens with one attached hydrogen (secondary N) is 1. The second-order valence-electron chi connectivity index (χ2n) is 4.95. The normalized spacial score (nSPS) is 18.9. The summed E-state index contributed by atoms with van der Waals surface area (Å²) in [6, 6.07) is 20.9. The zero-order valence-electron chi connectivity index (χ0n) is 11.0. The van der Waals surface area contributed by atoms with Crippen molar-refractivity contribution in [3.8, 4) is 0 Å². The highest BCUT2D eigenvalue weighted by atomic mass is 16.5. The van der Waals surface area contributed by atoms with Crippen LogP contribution in [0.4, 0.5) is 0 Å². The molecule has 0 bridgehead atoms. The molecule has 2 aromatic carbocycles. The summed E-state index contributed by atoms with van der Waals surface area (Å²) in [5.41, 5.74) is 2.45. The molecule has 0 radical (unpaired) electrons. The predicted octanol–water partition coefficient (Wildman–Crippen LogP) is 3.15. The van der Waals surface area contributed by atoms with Crippen LogP contribution in [-0.2, 0) is 4.74 Å². The molecule has 0 unspecified atom stereocenters. The molecular weight excluding hydrogens is 234 g/mol. The highest BCUT2D eigenvalue weighted by Crippen LogP contribution is 2.28. The fourth-order valence-corrected chi connectivity index (χ4v) is 2.54. The standard InChI is InChI=1S/C17H19NO/c1-3-7-14(8-4-1)17(15-9-5-2-6-10-15)19-16-11-12-18-13-16/h1-10,16-18H,11-13H2/t16-/m0/s1. The van der Waals surface area contributed by atoms with E-state index >= 15 is 0 Å². The van der Waals surface area contributed by atoms with E-state index in [1.807, 2.05) is 12.1 Å². The van der Waals surface area contributed by atoms with Gasteiger partial charge in [0.15, 0.2) is 0 Å². The summed E-state index contributed by atoms with van der Waals surface area (Å²) in [7, 11) is 0. The van der Waals surface area contributed by atoms with E-state index in [-0.39, 0.29) is 6.10 Å². The molecule has 2 nitrogen and oxygen atoms in total. The third kappa shape index (κ3) is 3.03. The first-order valence-corrected chi connectivity index (χ1v) is 6.89. The Labute approximate surface area is 114 Å². The number of hydrogen-bond donors (Lipinski definition) is 1. The van der Waals surface area contributed by atoms with Crippen molar-refractivity contribution in [3.05, 3.63) is 71.8 Å². The highest BCUT2D eigenvalue weighted by Gasteiger charge is 2.22. The summed E-state index contributed by atoms with van der Waals surface area (Å²) in [6.07, 6.45) is 1.44. The summed E-state index contributed by atoms with van der Waals surface area (Å²) in [5, 5.41) is 3.36. The molecule has 2 aromatic rings. The van der Waals surface area contributed by atoms with Crippen LogP contribution in [0.1, 0.15) is 23.7 Å². The largest absolute Gasteiger partial charge is 0.364 e. The van der Waals surface area contributed by atoms with E-state index in [0.717, 1.165) is 19.5 Å². The van der Waals surface area contributed by atoms with Crippen molar-refractivity contribution in [2.45, 2.75) is 18.6 Å². The Hall–Kier alpha value is -1.64. The molecule has 1 aliphatic rings. The van der Waals surface area contributed by atoms with Crippen molar-refractivity contribution in [1.29, 1.82) is 0 Å². The van der Waals surface area contributed by atoms with Gasteiger partial charge in [-0.05, 0) is 24.1 Å². The Morgan fingerprint density at radius 1 is 0.895 bits per heavy atom. The topological polar surface area (TPSA) is 21.3 Å². The molecule has 19 heavy (non-hydrogen) atoms. The van der Waals surface area contributed by atoms with Crippen molar-refractivity contribution in [1.82, 2.24) is 5.32 Å². The van der Waals surface area contributed by atoms with Gasteiger partial charge in [0, 0.05) is 6.54 Å². The Kier molecular flexibility index (Phi) is 3.92. The van der Waals surface area contributed by atoms with E-state index < -0.39 is 0 Å². The maximum absolute atomic E-state index is 6.32. The zero-order chi connectivity index (χ0) is 12.9. The summed E-state index contributed by atoms with van der Waals surface area (Å²) >= 11 is 0. The monoisotopic (exact) mass is 253 g/mol. The summed E-state index contributed by atoms with van der Waals surface area (Å²) < 4.78 is 6.32. The Morgan fingerprint density at radius 2 is 1.47 bits per heavy atom. The first-order chi connectivity index (χ1) is 9.43. The zero-order valence-corrected chi connectivity index (χ0v) is 11.0. The van der Waals surface area contributed by atoms with Crippen molar-refractivity contribution in [2.24, 2.45) is 0 Å². The lowest BCUT2D eigenvalue weighted by Gasteiger charge is -2.22. The Morgan fingerprint density at radius 3 is 1.95 bits per heavy atom. The van der Waals surface area contributed by atoms with Crippen LogP contribution in [0.25, 0.3) is 0 Å². The second-order valence-corrected chi connectivity index (χ2v) is 4.95. The molecule has 1 atom stereocenters. The highest BCUT2D eigenvalue weighted by molar-refractivity contribution is 5.30. The van der Waals surface area contributed by atoms with Crippen molar-refractivity contribution in [2.75, 3.05) is 13.1 Å². The van der Waals surface area contributed by atoms with Gasteiger partial charge in [0.25, 0.3) is 0 Å². The number of ether oxygens (including phenoxy) is 1. The van der Waals surface area contributed by atoms with Gasteiger partial charge in [0.05, 0.1) is 6.10 Å². The van der Waals surface area contributed by atoms with Crippen molar-refractivity contribution in [3.63, 3.8) is 0 Å². The fourth-order valence-electron chi connectivity index (χ4n) is 2.54. The molecule has 0 amide bonds. The Bertz CT molecular complexity index is 452. The lowest BCUT2D eigenvalue weighted by Crippen LogP contribution is -2.20. The fraction of sp³-hybridized carbons (Fsp3) is 0.294. The van der Waals surface area contributed by atoms with Gasteiger partial charge in [-0.3, -0.25) is 0 Å². The van der Waals surface area contributed by atoms with Gasteiger partial charge in [-0.15, -0.1) is 0 Å².